The van der Waals surface area contributed by atoms with Crippen LogP contribution < -0.4 is 5.32 Å². The molecule has 5 nitrogen and oxygen atoms in total. The van der Waals surface area contributed by atoms with Crippen LogP contribution in [0.4, 0.5) is 18.9 Å². The fourth-order valence-electron chi connectivity index (χ4n) is 2.36. The molecule has 142 valence electrons. The van der Waals surface area contributed by atoms with Crippen molar-refractivity contribution in [3.05, 3.63) is 59.2 Å². The Hall–Kier alpha value is -2.46. The molecule has 0 bridgehead atoms. The summed E-state index contributed by atoms with van der Waals surface area (Å²) in [5.74, 6) is 0. The van der Waals surface area contributed by atoms with Crippen molar-refractivity contribution in [3.8, 4) is 11.3 Å². The number of anilines is 1. The summed E-state index contributed by atoms with van der Waals surface area (Å²) in [5.41, 5.74) is -3.72. The fraction of sp³-hybridized carbons (Fsp3) is 0.176. The van der Waals surface area contributed by atoms with E-state index in [2.05, 4.69) is 15.3 Å². The molecule has 0 saturated heterocycles. The number of nitrogens with zero attached hydrogens (tertiary/aromatic N) is 2. The summed E-state index contributed by atoms with van der Waals surface area (Å²) >= 11 is 1.42. The van der Waals surface area contributed by atoms with Crippen molar-refractivity contribution >= 4 is 26.9 Å². The molecule has 0 spiro atoms. The van der Waals surface area contributed by atoms with Gasteiger partial charge in [-0.1, -0.05) is 12.1 Å². The molecule has 3 rings (SSSR count). The van der Waals surface area contributed by atoms with E-state index in [0.29, 0.717) is 6.42 Å². The molecule has 0 fully saturated rings. The summed E-state index contributed by atoms with van der Waals surface area (Å²) in [7, 11) is -5.42. The number of rotatable bonds is 6. The molecule has 1 N–H and O–H groups in total. The highest BCUT2D eigenvalue weighted by atomic mass is 32.2. The molecule has 2 aromatic heterocycles. The van der Waals surface area contributed by atoms with Gasteiger partial charge in [-0.05, 0) is 24.3 Å². The zero-order valence-corrected chi connectivity index (χ0v) is 15.4. The average molecular weight is 413 g/mol. The second-order valence-electron chi connectivity index (χ2n) is 5.48. The van der Waals surface area contributed by atoms with Gasteiger partial charge in [-0.15, -0.1) is 11.3 Å². The van der Waals surface area contributed by atoms with Gasteiger partial charge in [0.15, 0.2) is 0 Å². The minimum Gasteiger partial charge on any atom is -0.384 e. The van der Waals surface area contributed by atoms with Crippen LogP contribution in [0.25, 0.3) is 11.3 Å². The highest BCUT2D eigenvalue weighted by Gasteiger charge is 2.47. The van der Waals surface area contributed by atoms with Crippen LogP contribution >= 0.6 is 11.3 Å². The average Bonchev–Trinajstić information content (AvgIpc) is 3.11. The molecule has 0 aliphatic rings. The third-order valence-corrected chi connectivity index (χ3v) is 6.12. The maximum Gasteiger partial charge on any atom is 0.501 e. The monoisotopic (exact) mass is 413 g/mol. The first-order valence-electron chi connectivity index (χ1n) is 7.78. The molecule has 0 aliphatic carbocycles. The van der Waals surface area contributed by atoms with E-state index in [4.69, 9.17) is 0 Å². The first kappa shape index (κ1) is 19.3. The van der Waals surface area contributed by atoms with Gasteiger partial charge in [0.1, 0.15) is 0 Å². The normalized spacial score (nSPS) is 12.1. The van der Waals surface area contributed by atoms with E-state index in [-0.39, 0.29) is 12.2 Å². The number of thiazole rings is 1. The first-order chi connectivity index (χ1) is 12.8. The minimum atomic E-state index is -5.42. The Bertz CT molecular complexity index is 1020. The third-order valence-electron chi connectivity index (χ3n) is 3.66. The van der Waals surface area contributed by atoms with Crippen molar-refractivity contribution in [1.29, 1.82) is 0 Å². The van der Waals surface area contributed by atoms with Crippen LogP contribution in [0, 0.1) is 0 Å². The Morgan fingerprint density at radius 2 is 1.78 bits per heavy atom. The van der Waals surface area contributed by atoms with Gasteiger partial charge < -0.3 is 5.32 Å². The third kappa shape index (κ3) is 4.28. The molecule has 3 aromatic rings. The van der Waals surface area contributed by atoms with Crippen molar-refractivity contribution in [3.63, 3.8) is 0 Å². The number of sulfone groups is 1. The molecule has 0 unspecified atom stereocenters. The number of nitrogens with one attached hydrogen (secondary N) is 1. The second-order valence-corrected chi connectivity index (χ2v) is 8.34. The molecule has 1 aromatic carbocycles. The molecule has 0 aliphatic heterocycles. The maximum absolute atomic E-state index is 12.8. The number of para-hydroxylation sites is 1. The zero-order valence-electron chi connectivity index (χ0n) is 13.8. The number of benzene rings is 1. The Kier molecular flexibility index (Phi) is 5.47. The van der Waals surface area contributed by atoms with Crippen LogP contribution in [0.1, 0.15) is 5.01 Å². The molecule has 2 heterocycles. The summed E-state index contributed by atoms with van der Waals surface area (Å²) in [5, 5.41) is 5.43. The Morgan fingerprint density at radius 1 is 1.07 bits per heavy atom. The Labute approximate surface area is 157 Å². The van der Waals surface area contributed by atoms with E-state index < -0.39 is 20.2 Å². The summed E-state index contributed by atoms with van der Waals surface area (Å²) < 4.78 is 61.8. The quantitative estimate of drug-likeness (QED) is 0.657. The maximum atomic E-state index is 12.8. The number of pyridine rings is 1. The Morgan fingerprint density at radius 3 is 2.48 bits per heavy atom. The van der Waals surface area contributed by atoms with E-state index in [9.17, 15) is 21.6 Å². The lowest BCUT2D eigenvalue weighted by Gasteiger charge is -2.13. The van der Waals surface area contributed by atoms with Crippen molar-refractivity contribution < 1.29 is 21.6 Å². The predicted molar refractivity (Wildman–Crippen MR) is 97.2 cm³/mol. The van der Waals surface area contributed by atoms with Crippen LogP contribution in [0.15, 0.2) is 59.1 Å². The van der Waals surface area contributed by atoms with E-state index >= 15 is 0 Å². The number of hydrogen-bond donors (Lipinski definition) is 1. The predicted octanol–water partition coefficient (Wildman–Crippen LogP) is 4.15. The Balaban J connectivity index is 1.70. The van der Waals surface area contributed by atoms with Crippen LogP contribution in [0.5, 0.6) is 0 Å². The smallest absolute Gasteiger partial charge is 0.384 e. The molecule has 0 saturated carbocycles. The molecule has 0 radical (unpaired) electrons. The van der Waals surface area contributed by atoms with E-state index in [0.717, 1.165) is 22.3 Å². The van der Waals surface area contributed by atoms with Gasteiger partial charge in [0.2, 0.25) is 0 Å². The molecule has 0 amide bonds. The van der Waals surface area contributed by atoms with Crippen LogP contribution in [-0.2, 0) is 16.3 Å². The van der Waals surface area contributed by atoms with Gasteiger partial charge in [0.25, 0.3) is 9.84 Å². The fourth-order valence-corrected chi connectivity index (χ4v) is 4.10. The van der Waals surface area contributed by atoms with Crippen LogP contribution in [-0.4, -0.2) is 30.4 Å². The first-order valence-corrected chi connectivity index (χ1v) is 10.1. The van der Waals surface area contributed by atoms with Gasteiger partial charge in [-0.2, -0.15) is 13.2 Å². The van der Waals surface area contributed by atoms with Gasteiger partial charge in [0, 0.05) is 36.3 Å². The van der Waals surface area contributed by atoms with Gasteiger partial charge >= 0.3 is 5.51 Å². The van der Waals surface area contributed by atoms with Crippen molar-refractivity contribution in [1.82, 2.24) is 9.97 Å². The molecular formula is C17H14F3N3O2S2. The van der Waals surface area contributed by atoms with Crippen molar-refractivity contribution in [2.45, 2.75) is 16.8 Å². The van der Waals surface area contributed by atoms with Crippen LogP contribution in [0.3, 0.4) is 0 Å². The van der Waals surface area contributed by atoms with Gasteiger partial charge in [-0.3, -0.25) is 4.98 Å². The van der Waals surface area contributed by atoms with Crippen molar-refractivity contribution in [2.24, 2.45) is 0 Å². The van der Waals surface area contributed by atoms with Crippen molar-refractivity contribution in [2.75, 3.05) is 11.9 Å². The van der Waals surface area contributed by atoms with E-state index in [1.54, 1.807) is 12.4 Å². The topological polar surface area (TPSA) is 72.0 Å². The van der Waals surface area contributed by atoms with Crippen LogP contribution in [0.2, 0.25) is 0 Å². The number of aromatic nitrogens is 2. The summed E-state index contributed by atoms with van der Waals surface area (Å²) in [4.78, 5) is 7.63. The highest BCUT2D eigenvalue weighted by molar-refractivity contribution is 7.92. The molecule has 10 heteroatoms. The second kappa shape index (κ2) is 7.65. The highest BCUT2D eigenvalue weighted by Crippen LogP contribution is 2.34. The van der Waals surface area contributed by atoms with Gasteiger partial charge in [0.05, 0.1) is 21.3 Å². The minimum absolute atomic E-state index is 0.0826. The molecule has 0 atom stereocenters. The lowest BCUT2D eigenvalue weighted by atomic mass is 10.2. The lowest BCUT2D eigenvalue weighted by Crippen LogP contribution is -2.24. The summed E-state index contributed by atoms with van der Waals surface area (Å²) in [6.45, 7) is 0.244. The number of alkyl halides is 3. The summed E-state index contributed by atoms with van der Waals surface area (Å²) in [6, 6.07) is 8.64. The largest absolute Gasteiger partial charge is 0.501 e. The van der Waals surface area contributed by atoms with E-state index in [1.807, 2.05) is 17.5 Å². The number of halogens is 3. The summed E-state index contributed by atoms with van der Waals surface area (Å²) in [6.07, 6.45) is 3.76. The zero-order chi connectivity index (χ0) is 19.5. The number of hydrogen-bond acceptors (Lipinski definition) is 6. The standard InChI is InChI=1S/C17H14F3N3O2S2/c18-17(19,20)27(24,25)15-4-2-1-3-13(15)22-10-7-16-23-14(11-26-16)12-5-8-21-9-6-12/h1-6,8-9,11,22H,7,10H2. The molecular weight excluding hydrogens is 399 g/mol. The SMILES string of the molecule is O=S(=O)(c1ccccc1NCCc1nc(-c2ccncc2)cs1)C(F)(F)F. The van der Waals surface area contributed by atoms with Gasteiger partial charge in [-0.25, -0.2) is 13.4 Å². The molecule has 27 heavy (non-hydrogen) atoms. The lowest BCUT2D eigenvalue weighted by molar-refractivity contribution is -0.0435. The van der Waals surface area contributed by atoms with E-state index in [1.165, 1.54) is 29.5 Å².